The van der Waals surface area contributed by atoms with Crippen molar-refractivity contribution in [2.45, 2.75) is 13.0 Å². The second-order valence-electron chi connectivity index (χ2n) is 3.47. The summed E-state index contributed by atoms with van der Waals surface area (Å²) in [7, 11) is 2.99. The standard InChI is InChI=1S/C11H14BrNO4/c1-5-4-6(16-2)10(17-3)8(12)7(5)9(13)11(14)15/h4,9H,13H2,1-3H3,(H,14,15). The predicted molar refractivity (Wildman–Crippen MR) is 66.5 cm³/mol. The van der Waals surface area contributed by atoms with Gasteiger partial charge in [0, 0.05) is 5.56 Å². The molecule has 0 aliphatic carbocycles. The van der Waals surface area contributed by atoms with Crippen molar-refractivity contribution in [2.24, 2.45) is 5.73 Å². The van der Waals surface area contributed by atoms with Crippen LogP contribution in [0.25, 0.3) is 0 Å². The van der Waals surface area contributed by atoms with E-state index < -0.39 is 12.0 Å². The molecule has 0 radical (unpaired) electrons. The van der Waals surface area contributed by atoms with Crippen LogP contribution in [0.5, 0.6) is 11.5 Å². The summed E-state index contributed by atoms with van der Waals surface area (Å²) >= 11 is 3.30. The molecule has 0 heterocycles. The lowest BCUT2D eigenvalue weighted by atomic mass is 10.0. The number of hydrogen-bond donors (Lipinski definition) is 2. The molecule has 94 valence electrons. The Morgan fingerprint density at radius 1 is 1.47 bits per heavy atom. The van der Waals surface area contributed by atoms with E-state index in [9.17, 15) is 4.79 Å². The van der Waals surface area contributed by atoms with Crippen LogP contribution < -0.4 is 15.2 Å². The second kappa shape index (κ2) is 5.37. The summed E-state index contributed by atoms with van der Waals surface area (Å²) in [5.74, 6) is -0.135. The number of benzene rings is 1. The van der Waals surface area contributed by atoms with E-state index in [2.05, 4.69) is 15.9 Å². The molecular formula is C11H14BrNO4. The number of carboxylic acid groups (broad SMARTS) is 1. The Morgan fingerprint density at radius 3 is 2.47 bits per heavy atom. The first-order valence-corrected chi connectivity index (χ1v) is 5.62. The molecule has 0 aliphatic rings. The van der Waals surface area contributed by atoms with Crippen LogP contribution in [0.2, 0.25) is 0 Å². The van der Waals surface area contributed by atoms with Crippen molar-refractivity contribution in [2.75, 3.05) is 14.2 Å². The van der Waals surface area contributed by atoms with Gasteiger partial charge in [-0.25, -0.2) is 0 Å². The number of ether oxygens (including phenoxy) is 2. The van der Waals surface area contributed by atoms with Crippen LogP contribution in [-0.2, 0) is 4.79 Å². The molecule has 1 rings (SSSR count). The summed E-state index contributed by atoms with van der Waals surface area (Å²) in [5.41, 5.74) is 6.84. The Balaban J connectivity index is 3.47. The molecule has 5 nitrogen and oxygen atoms in total. The Kier molecular flexibility index (Phi) is 4.36. The van der Waals surface area contributed by atoms with Crippen LogP contribution >= 0.6 is 15.9 Å². The summed E-state index contributed by atoms with van der Waals surface area (Å²) in [4.78, 5) is 10.9. The predicted octanol–water partition coefficient (Wildman–Crippen LogP) is 1.86. The van der Waals surface area contributed by atoms with Crippen molar-refractivity contribution in [3.8, 4) is 11.5 Å². The third-order valence-corrected chi connectivity index (χ3v) is 3.22. The topological polar surface area (TPSA) is 81.8 Å². The van der Waals surface area contributed by atoms with Crippen LogP contribution in [0.1, 0.15) is 17.2 Å². The average Bonchev–Trinajstić information content (AvgIpc) is 2.27. The van der Waals surface area contributed by atoms with Gasteiger partial charge in [0.2, 0.25) is 0 Å². The summed E-state index contributed by atoms with van der Waals surface area (Å²) in [6, 6.07) is 0.589. The maximum Gasteiger partial charge on any atom is 0.325 e. The first kappa shape index (κ1) is 13.8. The maximum atomic E-state index is 10.9. The third kappa shape index (κ3) is 2.53. The largest absolute Gasteiger partial charge is 0.493 e. The maximum absolute atomic E-state index is 10.9. The number of hydrogen-bond acceptors (Lipinski definition) is 4. The molecule has 3 N–H and O–H groups in total. The van der Waals surface area contributed by atoms with E-state index in [0.29, 0.717) is 21.5 Å². The van der Waals surface area contributed by atoms with Gasteiger partial charge in [-0.1, -0.05) is 0 Å². The minimum Gasteiger partial charge on any atom is -0.493 e. The third-order valence-electron chi connectivity index (χ3n) is 2.43. The summed E-state index contributed by atoms with van der Waals surface area (Å²) in [5, 5.41) is 8.96. The smallest absolute Gasteiger partial charge is 0.325 e. The fraction of sp³-hybridized carbons (Fsp3) is 0.364. The molecule has 6 heteroatoms. The van der Waals surface area contributed by atoms with Gasteiger partial charge < -0.3 is 20.3 Å². The van der Waals surface area contributed by atoms with Crippen molar-refractivity contribution in [3.63, 3.8) is 0 Å². The van der Waals surface area contributed by atoms with Gasteiger partial charge in [0.05, 0.1) is 18.7 Å². The molecule has 1 atom stereocenters. The fourth-order valence-electron chi connectivity index (χ4n) is 1.59. The number of carboxylic acids is 1. The van der Waals surface area contributed by atoms with E-state index in [1.54, 1.807) is 13.0 Å². The van der Waals surface area contributed by atoms with Crippen LogP contribution in [0, 0.1) is 6.92 Å². The van der Waals surface area contributed by atoms with Gasteiger partial charge in [0.1, 0.15) is 6.04 Å². The molecule has 0 aromatic heterocycles. The monoisotopic (exact) mass is 303 g/mol. The number of rotatable bonds is 4. The molecule has 0 amide bonds. The molecule has 1 unspecified atom stereocenters. The number of methoxy groups -OCH3 is 2. The minimum atomic E-state index is -1.11. The zero-order valence-corrected chi connectivity index (χ0v) is 11.4. The van der Waals surface area contributed by atoms with Crippen molar-refractivity contribution in [1.29, 1.82) is 0 Å². The molecule has 0 saturated carbocycles. The van der Waals surface area contributed by atoms with Crippen LogP contribution in [0.3, 0.4) is 0 Å². The molecule has 0 fully saturated rings. The van der Waals surface area contributed by atoms with Crippen molar-refractivity contribution < 1.29 is 19.4 Å². The van der Waals surface area contributed by atoms with E-state index in [0.717, 1.165) is 5.56 Å². The van der Waals surface area contributed by atoms with Gasteiger partial charge in [-0.2, -0.15) is 0 Å². The normalized spacial score (nSPS) is 12.1. The van der Waals surface area contributed by atoms with Gasteiger partial charge in [-0.05, 0) is 34.5 Å². The lowest BCUT2D eigenvalue weighted by Crippen LogP contribution is -2.22. The number of halogens is 1. The number of nitrogens with two attached hydrogens (primary N) is 1. The Morgan fingerprint density at radius 2 is 2.06 bits per heavy atom. The highest BCUT2D eigenvalue weighted by molar-refractivity contribution is 9.10. The molecule has 0 saturated heterocycles. The molecule has 1 aromatic rings. The van der Waals surface area contributed by atoms with E-state index in [-0.39, 0.29) is 0 Å². The van der Waals surface area contributed by atoms with Gasteiger partial charge in [0.25, 0.3) is 0 Å². The minimum absolute atomic E-state index is 0.435. The van der Waals surface area contributed by atoms with Crippen molar-refractivity contribution in [1.82, 2.24) is 0 Å². The van der Waals surface area contributed by atoms with Gasteiger partial charge >= 0.3 is 5.97 Å². The van der Waals surface area contributed by atoms with Crippen molar-refractivity contribution >= 4 is 21.9 Å². The Bertz CT molecular complexity index is 448. The Labute approximate surface area is 108 Å². The summed E-state index contributed by atoms with van der Waals surface area (Å²) < 4.78 is 10.8. The molecule has 0 bridgehead atoms. The average molecular weight is 304 g/mol. The van der Waals surface area contributed by atoms with E-state index in [4.69, 9.17) is 20.3 Å². The van der Waals surface area contributed by atoms with Crippen LogP contribution in [-0.4, -0.2) is 25.3 Å². The highest BCUT2D eigenvalue weighted by Crippen LogP contribution is 2.41. The lowest BCUT2D eigenvalue weighted by Gasteiger charge is -2.18. The number of aliphatic carboxylic acids is 1. The van der Waals surface area contributed by atoms with Gasteiger partial charge in [-0.3, -0.25) is 4.79 Å². The lowest BCUT2D eigenvalue weighted by molar-refractivity contribution is -0.138. The van der Waals surface area contributed by atoms with E-state index in [1.807, 2.05) is 0 Å². The zero-order valence-electron chi connectivity index (χ0n) is 9.78. The van der Waals surface area contributed by atoms with Crippen LogP contribution in [0.4, 0.5) is 0 Å². The van der Waals surface area contributed by atoms with E-state index >= 15 is 0 Å². The highest BCUT2D eigenvalue weighted by Gasteiger charge is 2.24. The molecule has 0 spiro atoms. The number of aryl methyl sites for hydroxylation is 1. The highest BCUT2D eigenvalue weighted by atomic mass is 79.9. The fourth-order valence-corrected chi connectivity index (χ4v) is 2.51. The molecular weight excluding hydrogens is 290 g/mol. The zero-order chi connectivity index (χ0) is 13.2. The SMILES string of the molecule is COc1cc(C)c(C(N)C(=O)O)c(Br)c1OC. The molecule has 1 aromatic carbocycles. The Hall–Kier alpha value is -1.27. The van der Waals surface area contributed by atoms with E-state index in [1.165, 1.54) is 14.2 Å². The quantitative estimate of drug-likeness (QED) is 0.887. The summed E-state index contributed by atoms with van der Waals surface area (Å²) in [6.07, 6.45) is 0. The molecule has 17 heavy (non-hydrogen) atoms. The number of carbonyl (C=O) groups is 1. The summed E-state index contributed by atoms with van der Waals surface area (Å²) in [6.45, 7) is 1.77. The van der Waals surface area contributed by atoms with Crippen molar-refractivity contribution in [3.05, 3.63) is 21.7 Å². The van der Waals surface area contributed by atoms with Crippen LogP contribution in [0.15, 0.2) is 10.5 Å². The second-order valence-corrected chi connectivity index (χ2v) is 4.27. The first-order valence-electron chi connectivity index (χ1n) is 4.83. The van der Waals surface area contributed by atoms with Gasteiger partial charge in [0.15, 0.2) is 11.5 Å². The molecule has 0 aliphatic heterocycles. The first-order chi connectivity index (χ1) is 7.93. The van der Waals surface area contributed by atoms with Gasteiger partial charge in [-0.15, -0.1) is 0 Å².